The Balaban J connectivity index is 1.55. The second-order valence-electron chi connectivity index (χ2n) is 9.19. The summed E-state index contributed by atoms with van der Waals surface area (Å²) < 4.78 is 43.6. The molecule has 0 radical (unpaired) electrons. The molecular formula is C24H26F3N5O3S. The molecule has 2 aromatic rings. The normalized spacial score (nSPS) is 17.8. The number of amides is 4. The fourth-order valence-corrected chi connectivity index (χ4v) is 4.90. The molecule has 0 saturated carbocycles. The van der Waals surface area contributed by atoms with E-state index in [4.69, 9.17) is 0 Å². The predicted octanol–water partition coefficient (Wildman–Crippen LogP) is 4.00. The third-order valence-corrected chi connectivity index (χ3v) is 7.15. The van der Waals surface area contributed by atoms with Gasteiger partial charge in [-0.05, 0) is 63.7 Å². The number of hydrogen-bond donors (Lipinski definition) is 1. The van der Waals surface area contributed by atoms with Crippen LogP contribution < -0.4 is 10.2 Å². The molecule has 3 heterocycles. The first kappa shape index (κ1) is 26.0. The first-order chi connectivity index (χ1) is 17.0. The molecule has 4 rings (SSSR count). The molecule has 0 spiro atoms. The number of halogens is 3. The second-order valence-corrected chi connectivity index (χ2v) is 10.0. The molecule has 4 amide bonds. The maximum absolute atomic E-state index is 14.8. The van der Waals surface area contributed by atoms with Crippen molar-refractivity contribution in [2.45, 2.75) is 43.7 Å². The number of thioether (sulfide) groups is 1. The van der Waals surface area contributed by atoms with Gasteiger partial charge in [0.2, 0.25) is 5.91 Å². The Kier molecular flexibility index (Phi) is 7.28. The van der Waals surface area contributed by atoms with Gasteiger partial charge in [0, 0.05) is 18.8 Å². The van der Waals surface area contributed by atoms with Crippen molar-refractivity contribution in [2.75, 3.05) is 36.1 Å². The van der Waals surface area contributed by atoms with Crippen LogP contribution in [-0.2, 0) is 16.1 Å². The minimum Gasteiger partial charge on any atom is -0.310 e. The lowest BCUT2D eigenvalue weighted by molar-refractivity contribution is -0.123. The minimum absolute atomic E-state index is 0.0823. The van der Waals surface area contributed by atoms with E-state index in [9.17, 15) is 27.6 Å². The van der Waals surface area contributed by atoms with Crippen molar-refractivity contribution in [1.82, 2.24) is 14.8 Å². The van der Waals surface area contributed by atoms with E-state index in [1.807, 2.05) is 4.90 Å². The number of aromatic nitrogens is 1. The van der Waals surface area contributed by atoms with Crippen molar-refractivity contribution in [2.24, 2.45) is 0 Å². The summed E-state index contributed by atoms with van der Waals surface area (Å²) in [6, 6.07) is 2.92. The summed E-state index contributed by atoms with van der Waals surface area (Å²) in [6.07, 6.45) is 4.96. The average Bonchev–Trinajstić information content (AvgIpc) is 3.38. The van der Waals surface area contributed by atoms with Crippen molar-refractivity contribution >= 4 is 41.1 Å². The number of benzene rings is 1. The van der Waals surface area contributed by atoms with Crippen LogP contribution >= 0.6 is 11.8 Å². The van der Waals surface area contributed by atoms with Crippen molar-refractivity contribution in [1.29, 1.82) is 0 Å². The largest absolute Gasteiger partial charge is 0.332 e. The Hall–Kier alpha value is -3.12. The van der Waals surface area contributed by atoms with E-state index in [2.05, 4.69) is 10.3 Å². The lowest BCUT2D eigenvalue weighted by Gasteiger charge is -2.27. The van der Waals surface area contributed by atoms with Gasteiger partial charge >= 0.3 is 6.03 Å². The van der Waals surface area contributed by atoms with E-state index in [1.165, 1.54) is 31.2 Å². The number of pyridine rings is 1. The second kappa shape index (κ2) is 10.1. The summed E-state index contributed by atoms with van der Waals surface area (Å²) in [5.41, 5.74) is -1.66. The van der Waals surface area contributed by atoms with Crippen LogP contribution in [0.1, 0.15) is 32.3 Å². The van der Waals surface area contributed by atoms with E-state index >= 15 is 0 Å². The number of carbonyl (C=O) groups is 3. The lowest BCUT2D eigenvalue weighted by Crippen LogP contribution is -2.43. The first-order valence-electron chi connectivity index (χ1n) is 11.4. The predicted molar refractivity (Wildman–Crippen MR) is 129 cm³/mol. The van der Waals surface area contributed by atoms with Gasteiger partial charge in [0.15, 0.2) is 11.6 Å². The monoisotopic (exact) mass is 521 g/mol. The molecule has 36 heavy (non-hydrogen) atoms. The Morgan fingerprint density at radius 1 is 1.14 bits per heavy atom. The van der Waals surface area contributed by atoms with Crippen LogP contribution in [-0.4, -0.2) is 64.1 Å². The molecule has 12 heteroatoms. The highest BCUT2D eigenvalue weighted by Crippen LogP contribution is 2.38. The van der Waals surface area contributed by atoms with Gasteiger partial charge in [-0.2, -0.15) is 0 Å². The number of rotatable bonds is 7. The number of anilines is 2. The molecule has 2 fully saturated rings. The fraction of sp³-hybridized carbons (Fsp3) is 0.417. The van der Waals surface area contributed by atoms with Crippen molar-refractivity contribution in [3.05, 3.63) is 47.4 Å². The smallest absolute Gasteiger partial charge is 0.310 e. The van der Waals surface area contributed by atoms with Gasteiger partial charge in [-0.25, -0.2) is 27.8 Å². The summed E-state index contributed by atoms with van der Waals surface area (Å²) in [6.45, 7) is 4.84. The molecule has 1 aromatic heterocycles. The maximum atomic E-state index is 14.8. The summed E-state index contributed by atoms with van der Waals surface area (Å²) in [7, 11) is 0. The first-order valence-corrected chi connectivity index (χ1v) is 12.6. The quantitative estimate of drug-likeness (QED) is 0.337. The van der Waals surface area contributed by atoms with Gasteiger partial charge < -0.3 is 10.2 Å². The van der Waals surface area contributed by atoms with E-state index in [0.29, 0.717) is 28.3 Å². The van der Waals surface area contributed by atoms with Crippen LogP contribution in [0.25, 0.3) is 0 Å². The standard InChI is InChI=1S/C24H26F3N5O3S/c1-24(2)22(34)32(16-11-15(25)21(36-3)20(27)19(16)26)23(35)31(24)12-14-6-7-28-17(10-14)29-18(33)13-30-8-4-5-9-30/h6-7,10-11H,4-5,8-9,12-13H2,1-3H3,(H,28,29,33). The number of nitrogens with zero attached hydrogens (tertiary/aromatic N) is 4. The van der Waals surface area contributed by atoms with Crippen LogP contribution in [0.5, 0.6) is 0 Å². The van der Waals surface area contributed by atoms with Crippen LogP contribution in [0.15, 0.2) is 29.3 Å². The van der Waals surface area contributed by atoms with Gasteiger partial charge in [-0.15, -0.1) is 11.8 Å². The Morgan fingerprint density at radius 3 is 2.50 bits per heavy atom. The summed E-state index contributed by atoms with van der Waals surface area (Å²) in [4.78, 5) is 46.0. The average molecular weight is 522 g/mol. The zero-order chi connectivity index (χ0) is 26.2. The fourth-order valence-electron chi connectivity index (χ4n) is 4.38. The van der Waals surface area contributed by atoms with Crippen LogP contribution in [0.4, 0.5) is 29.5 Å². The van der Waals surface area contributed by atoms with Crippen LogP contribution in [0, 0.1) is 17.5 Å². The molecule has 2 aliphatic rings. The Labute approximate surface area is 210 Å². The number of hydrogen-bond acceptors (Lipinski definition) is 6. The summed E-state index contributed by atoms with van der Waals surface area (Å²) >= 11 is 0.678. The lowest BCUT2D eigenvalue weighted by atomic mass is 10.0. The highest BCUT2D eigenvalue weighted by molar-refractivity contribution is 7.98. The molecular weight excluding hydrogens is 495 g/mol. The third-order valence-electron chi connectivity index (χ3n) is 6.36. The molecule has 0 unspecified atom stereocenters. The molecule has 8 nitrogen and oxygen atoms in total. The Bertz CT molecular complexity index is 1220. The number of imide groups is 1. The molecule has 0 bridgehead atoms. The zero-order valence-electron chi connectivity index (χ0n) is 20.1. The van der Waals surface area contributed by atoms with Crippen molar-refractivity contribution < 1.29 is 27.6 Å². The van der Waals surface area contributed by atoms with Crippen LogP contribution in [0.3, 0.4) is 0 Å². The van der Waals surface area contributed by atoms with Crippen LogP contribution in [0.2, 0.25) is 0 Å². The number of likely N-dealkylation sites (tertiary alicyclic amines) is 1. The van der Waals surface area contributed by atoms with E-state index in [0.717, 1.165) is 25.9 Å². The van der Waals surface area contributed by atoms with Gasteiger partial charge in [0.05, 0.1) is 17.1 Å². The molecule has 192 valence electrons. The third kappa shape index (κ3) is 4.79. The maximum Gasteiger partial charge on any atom is 0.332 e. The highest BCUT2D eigenvalue weighted by atomic mass is 32.2. The number of carbonyl (C=O) groups excluding carboxylic acids is 3. The van der Waals surface area contributed by atoms with Gasteiger partial charge in [-0.1, -0.05) is 0 Å². The number of nitrogens with one attached hydrogen (secondary N) is 1. The van der Waals surface area contributed by atoms with Gasteiger partial charge in [-0.3, -0.25) is 14.5 Å². The zero-order valence-corrected chi connectivity index (χ0v) is 20.9. The van der Waals surface area contributed by atoms with Gasteiger partial charge in [0.25, 0.3) is 5.91 Å². The molecule has 2 saturated heterocycles. The van der Waals surface area contributed by atoms with Gasteiger partial charge in [0.1, 0.15) is 17.2 Å². The Morgan fingerprint density at radius 2 is 1.83 bits per heavy atom. The van der Waals surface area contributed by atoms with E-state index in [-0.39, 0.29) is 24.8 Å². The van der Waals surface area contributed by atoms with Crippen molar-refractivity contribution in [3.8, 4) is 0 Å². The SMILES string of the molecule is CSc1c(F)cc(N2C(=O)N(Cc3ccnc(NC(=O)CN4CCCC4)c3)C(C)(C)C2=O)c(F)c1F. The topological polar surface area (TPSA) is 85.8 Å². The van der Waals surface area contributed by atoms with E-state index < -0.39 is 45.5 Å². The molecule has 2 aliphatic heterocycles. The summed E-state index contributed by atoms with van der Waals surface area (Å²) in [5, 5.41) is 2.73. The summed E-state index contributed by atoms with van der Waals surface area (Å²) in [5.74, 6) is -4.77. The van der Waals surface area contributed by atoms with Crippen molar-refractivity contribution in [3.63, 3.8) is 0 Å². The molecule has 0 atom stereocenters. The molecule has 1 aromatic carbocycles. The van der Waals surface area contributed by atoms with E-state index in [1.54, 1.807) is 12.1 Å². The minimum atomic E-state index is -1.48. The molecule has 0 aliphatic carbocycles. The highest BCUT2D eigenvalue weighted by Gasteiger charge is 2.52. The number of urea groups is 1. The molecule has 1 N–H and O–H groups in total.